The SMILES string of the molecule is CN(C)C(=O)[C@]1(C)Cc2cc(S(N)(=O)=O)sc2S1(=O)=O. The number of amides is 1. The summed E-state index contributed by atoms with van der Waals surface area (Å²) in [7, 11) is -4.91. The van der Waals surface area contributed by atoms with Crippen molar-refractivity contribution in [3.63, 3.8) is 0 Å². The molecule has 0 aromatic carbocycles. The van der Waals surface area contributed by atoms with Crippen LogP contribution >= 0.6 is 11.3 Å². The Balaban J connectivity index is 2.61. The lowest BCUT2D eigenvalue weighted by Crippen LogP contribution is -2.48. The van der Waals surface area contributed by atoms with E-state index in [0.29, 0.717) is 16.9 Å². The minimum atomic E-state index is -3.95. The molecule has 1 amide bonds. The standard InChI is InChI=1S/C10H14N2O5S3/c1-10(9(13)12(2)3)5-6-4-7(20(11,16)17)18-8(6)19(10,14)15/h4H,5H2,1-3H3,(H2,11,16,17)/t10-/m0/s1. The number of rotatable bonds is 2. The van der Waals surface area contributed by atoms with Crippen LogP contribution in [0, 0.1) is 0 Å². The van der Waals surface area contributed by atoms with Crippen molar-refractivity contribution in [3.8, 4) is 0 Å². The molecule has 7 nitrogen and oxygen atoms in total. The molecule has 0 aliphatic carbocycles. The molecule has 0 bridgehead atoms. The first-order valence-electron chi connectivity index (χ1n) is 5.53. The highest BCUT2D eigenvalue weighted by Gasteiger charge is 2.55. The number of nitrogens with zero attached hydrogens (tertiary/aromatic N) is 1. The number of nitrogens with two attached hydrogens (primary N) is 1. The Morgan fingerprint density at radius 3 is 2.40 bits per heavy atom. The number of sulfone groups is 1. The van der Waals surface area contributed by atoms with Crippen molar-refractivity contribution < 1.29 is 21.6 Å². The Labute approximate surface area is 121 Å². The molecule has 0 spiro atoms. The summed E-state index contributed by atoms with van der Waals surface area (Å²) < 4.78 is 45.7. The maximum atomic E-state index is 12.5. The first-order chi connectivity index (χ1) is 8.91. The molecule has 20 heavy (non-hydrogen) atoms. The van der Waals surface area contributed by atoms with E-state index in [-0.39, 0.29) is 14.8 Å². The van der Waals surface area contributed by atoms with Gasteiger partial charge in [-0.25, -0.2) is 22.0 Å². The lowest BCUT2D eigenvalue weighted by Gasteiger charge is -2.25. The molecular weight excluding hydrogens is 324 g/mol. The molecule has 1 aliphatic rings. The molecule has 0 saturated heterocycles. The summed E-state index contributed by atoms with van der Waals surface area (Å²) in [6.07, 6.45) is -0.0479. The third kappa shape index (κ3) is 1.98. The normalized spacial score (nSPS) is 24.4. The molecular formula is C10H14N2O5S3. The lowest BCUT2D eigenvalue weighted by molar-refractivity contribution is -0.130. The number of hydrogen-bond donors (Lipinski definition) is 1. The summed E-state index contributed by atoms with van der Waals surface area (Å²) in [4.78, 5) is 13.4. The van der Waals surface area contributed by atoms with Crippen LogP contribution in [0.3, 0.4) is 0 Å². The molecule has 0 saturated carbocycles. The lowest BCUT2D eigenvalue weighted by atomic mass is 10.0. The van der Waals surface area contributed by atoms with Gasteiger partial charge in [0.2, 0.25) is 25.8 Å². The largest absolute Gasteiger partial charge is 0.347 e. The van der Waals surface area contributed by atoms with Crippen LogP contribution in [-0.4, -0.2) is 46.5 Å². The zero-order chi connectivity index (χ0) is 15.5. The van der Waals surface area contributed by atoms with Crippen molar-refractivity contribution >= 4 is 37.1 Å². The van der Waals surface area contributed by atoms with Gasteiger partial charge in [0, 0.05) is 20.5 Å². The quantitative estimate of drug-likeness (QED) is 0.786. The van der Waals surface area contributed by atoms with E-state index in [4.69, 9.17) is 5.14 Å². The molecule has 1 aromatic rings. The summed E-state index contributed by atoms with van der Waals surface area (Å²) in [6.45, 7) is 1.36. The molecule has 1 atom stereocenters. The number of carbonyl (C=O) groups is 1. The van der Waals surface area contributed by atoms with Crippen LogP contribution in [0.25, 0.3) is 0 Å². The topological polar surface area (TPSA) is 115 Å². The van der Waals surface area contributed by atoms with Crippen molar-refractivity contribution in [3.05, 3.63) is 11.6 Å². The fourth-order valence-corrected chi connectivity index (χ4v) is 6.93. The summed E-state index contributed by atoms with van der Waals surface area (Å²) >= 11 is 0.596. The molecule has 1 aromatic heterocycles. The summed E-state index contributed by atoms with van der Waals surface area (Å²) in [5.74, 6) is -0.530. The van der Waals surface area contributed by atoms with Crippen LogP contribution in [0.15, 0.2) is 14.5 Å². The van der Waals surface area contributed by atoms with Crippen molar-refractivity contribution in [1.82, 2.24) is 4.90 Å². The maximum absolute atomic E-state index is 12.5. The van der Waals surface area contributed by atoms with Crippen molar-refractivity contribution in [1.29, 1.82) is 0 Å². The second-order valence-electron chi connectivity index (χ2n) is 5.03. The van der Waals surface area contributed by atoms with E-state index in [0.717, 1.165) is 0 Å². The summed E-state index contributed by atoms with van der Waals surface area (Å²) in [5.41, 5.74) is 0.330. The van der Waals surface area contributed by atoms with Gasteiger partial charge >= 0.3 is 0 Å². The van der Waals surface area contributed by atoms with Crippen LogP contribution in [0.1, 0.15) is 12.5 Å². The third-order valence-electron chi connectivity index (χ3n) is 3.25. The minimum Gasteiger partial charge on any atom is -0.347 e. The molecule has 0 unspecified atom stereocenters. The van der Waals surface area contributed by atoms with E-state index in [9.17, 15) is 21.6 Å². The highest BCUT2D eigenvalue weighted by Crippen LogP contribution is 2.45. The molecule has 10 heteroatoms. The highest BCUT2D eigenvalue weighted by atomic mass is 32.3. The van der Waals surface area contributed by atoms with E-state index in [1.54, 1.807) is 0 Å². The van der Waals surface area contributed by atoms with Gasteiger partial charge in [-0.2, -0.15) is 0 Å². The van der Waals surface area contributed by atoms with Gasteiger partial charge in [-0.3, -0.25) is 4.79 Å². The molecule has 0 radical (unpaired) electrons. The first kappa shape index (κ1) is 15.4. The molecule has 0 fully saturated rings. The van der Waals surface area contributed by atoms with Crippen LogP contribution in [0.5, 0.6) is 0 Å². The van der Waals surface area contributed by atoms with Crippen LogP contribution in [-0.2, 0) is 31.1 Å². The second-order valence-corrected chi connectivity index (χ2v) is 10.4. The Bertz CT molecular complexity index is 791. The number of hydrogen-bond acceptors (Lipinski definition) is 6. The smallest absolute Gasteiger partial charge is 0.247 e. The number of thiophene rings is 1. The molecule has 112 valence electrons. The van der Waals surface area contributed by atoms with Crippen LogP contribution in [0.4, 0.5) is 0 Å². The first-order valence-corrected chi connectivity index (χ1v) is 9.38. The Hall–Kier alpha value is -0.970. The van der Waals surface area contributed by atoms with E-state index in [1.165, 1.54) is 32.0 Å². The van der Waals surface area contributed by atoms with Gasteiger partial charge in [0.25, 0.3) is 0 Å². The average molecular weight is 338 g/mol. The minimum absolute atomic E-state index is 0.0479. The van der Waals surface area contributed by atoms with Gasteiger partial charge in [-0.05, 0) is 18.6 Å². The van der Waals surface area contributed by atoms with Gasteiger partial charge in [-0.15, -0.1) is 11.3 Å². The van der Waals surface area contributed by atoms with Crippen LogP contribution < -0.4 is 5.14 Å². The van der Waals surface area contributed by atoms with Gasteiger partial charge in [0.1, 0.15) is 8.42 Å². The zero-order valence-electron chi connectivity index (χ0n) is 11.1. The number of sulfonamides is 1. The van der Waals surface area contributed by atoms with Gasteiger partial charge in [-0.1, -0.05) is 0 Å². The average Bonchev–Trinajstić information content (AvgIpc) is 2.77. The van der Waals surface area contributed by atoms with E-state index in [1.807, 2.05) is 0 Å². The van der Waals surface area contributed by atoms with E-state index >= 15 is 0 Å². The summed E-state index contributed by atoms with van der Waals surface area (Å²) in [5, 5.41) is 4.99. The van der Waals surface area contributed by atoms with Gasteiger partial charge in [0.15, 0.2) is 4.75 Å². The molecule has 2 rings (SSSR count). The maximum Gasteiger partial charge on any atom is 0.247 e. The number of carbonyl (C=O) groups excluding carboxylic acids is 1. The highest BCUT2D eigenvalue weighted by molar-refractivity contribution is 7.97. The Morgan fingerprint density at radius 2 is 2.00 bits per heavy atom. The molecule has 2 N–H and O–H groups in total. The third-order valence-corrected chi connectivity index (χ3v) is 8.81. The van der Waals surface area contributed by atoms with E-state index < -0.39 is 30.5 Å². The Morgan fingerprint density at radius 1 is 1.45 bits per heavy atom. The van der Waals surface area contributed by atoms with E-state index in [2.05, 4.69) is 0 Å². The van der Waals surface area contributed by atoms with Crippen molar-refractivity contribution in [2.45, 2.75) is 26.5 Å². The van der Waals surface area contributed by atoms with Crippen LogP contribution in [0.2, 0.25) is 0 Å². The fraction of sp³-hybridized carbons (Fsp3) is 0.500. The number of primary sulfonamides is 1. The van der Waals surface area contributed by atoms with Gasteiger partial charge in [0.05, 0.1) is 0 Å². The molecule has 2 heterocycles. The summed E-state index contributed by atoms with van der Waals surface area (Å²) in [6, 6.07) is 1.24. The van der Waals surface area contributed by atoms with Crippen molar-refractivity contribution in [2.24, 2.45) is 5.14 Å². The fourth-order valence-electron chi connectivity index (χ4n) is 2.21. The van der Waals surface area contributed by atoms with Crippen molar-refractivity contribution in [2.75, 3.05) is 14.1 Å². The monoisotopic (exact) mass is 338 g/mol. The Kier molecular flexibility index (Phi) is 3.29. The number of fused-ring (bicyclic) bond motifs is 1. The van der Waals surface area contributed by atoms with Gasteiger partial charge < -0.3 is 4.90 Å². The predicted octanol–water partition coefficient (Wildman–Crippen LogP) is -0.428. The predicted molar refractivity (Wildman–Crippen MR) is 73.7 cm³/mol. The zero-order valence-corrected chi connectivity index (χ0v) is 13.5. The second kappa shape index (κ2) is 4.26. The molecule has 1 aliphatic heterocycles.